The third-order valence-corrected chi connectivity index (χ3v) is 7.57. The number of aromatic nitrogens is 1. The molecule has 1 heterocycles. The number of rotatable bonds is 14. The van der Waals surface area contributed by atoms with Crippen molar-refractivity contribution < 1.29 is 38.1 Å². The highest BCUT2D eigenvalue weighted by Crippen LogP contribution is 2.42. The molecule has 246 valence electrons. The Labute approximate surface area is 273 Å². The van der Waals surface area contributed by atoms with Crippen molar-refractivity contribution in [3.05, 3.63) is 102 Å². The van der Waals surface area contributed by atoms with Crippen LogP contribution in [0.2, 0.25) is 0 Å². The highest BCUT2D eigenvalue weighted by molar-refractivity contribution is 6.07. The second-order valence-electron chi connectivity index (χ2n) is 11.1. The average molecular weight is 643 g/mol. The molecule has 9 nitrogen and oxygen atoms in total. The van der Waals surface area contributed by atoms with Gasteiger partial charge in [-0.05, 0) is 67.0 Å². The van der Waals surface area contributed by atoms with Gasteiger partial charge in [-0.15, -0.1) is 0 Å². The number of nitrogens with zero attached hydrogens (tertiary/aromatic N) is 1. The molecule has 0 radical (unpaired) electrons. The molecule has 1 amide bonds. The van der Waals surface area contributed by atoms with Crippen molar-refractivity contribution in [1.29, 1.82) is 0 Å². The summed E-state index contributed by atoms with van der Waals surface area (Å²) in [5, 5.41) is 13.3. The van der Waals surface area contributed by atoms with Crippen molar-refractivity contribution in [2.75, 3.05) is 21.3 Å². The fourth-order valence-electron chi connectivity index (χ4n) is 5.40. The number of methoxy groups -OCH3 is 3. The highest BCUT2D eigenvalue weighted by Gasteiger charge is 2.29. The first-order valence-corrected chi connectivity index (χ1v) is 15.1. The van der Waals surface area contributed by atoms with Crippen molar-refractivity contribution in [2.24, 2.45) is 0 Å². The predicted molar refractivity (Wildman–Crippen MR) is 178 cm³/mol. The minimum atomic E-state index is -1.22. The molecule has 0 unspecified atom stereocenters. The number of esters is 1. The molecule has 0 fully saturated rings. The van der Waals surface area contributed by atoms with E-state index < -0.39 is 23.7 Å². The Bertz CT molecular complexity index is 1740. The Morgan fingerprint density at radius 2 is 1.53 bits per heavy atom. The fraction of sp³-hybridized carbons (Fsp3) is 0.270. The number of ether oxygens (including phenoxy) is 3. The number of halogens is 1. The molecule has 0 bridgehead atoms. The standard InChI is InChI=1S/C37H39FN2O7/c1-23(2)40-30(17-16-28(41)20-29(42)21-33(43)47-5)34(26-12-14-27(38)15-13-26)35(25-9-7-6-8-10-25)36(40)37(44)39-22-24-11-18-31(45-3)32(19-24)46-4/h6-19,23,29,42H,20-22H2,1-5H3,(H,39,44)/t29-/m1/s1. The van der Waals surface area contributed by atoms with Crippen LogP contribution in [0, 0.1) is 5.82 Å². The van der Waals surface area contributed by atoms with Crippen molar-refractivity contribution in [1.82, 2.24) is 9.88 Å². The van der Waals surface area contributed by atoms with Crippen LogP contribution in [0.5, 0.6) is 11.5 Å². The average Bonchev–Trinajstić information content (AvgIpc) is 3.42. The smallest absolute Gasteiger partial charge is 0.308 e. The Hall–Kier alpha value is -5.22. The molecule has 1 aromatic heterocycles. The number of amides is 1. The van der Waals surface area contributed by atoms with Crippen molar-refractivity contribution >= 4 is 23.7 Å². The zero-order valence-corrected chi connectivity index (χ0v) is 27.1. The third kappa shape index (κ3) is 8.33. The van der Waals surface area contributed by atoms with E-state index in [4.69, 9.17) is 9.47 Å². The molecule has 47 heavy (non-hydrogen) atoms. The number of benzene rings is 3. The number of hydrogen-bond acceptors (Lipinski definition) is 7. The number of aliphatic hydroxyl groups is 1. The number of ketones is 1. The lowest BCUT2D eigenvalue weighted by molar-refractivity contribution is -0.143. The maximum atomic E-state index is 14.3. The number of carbonyl (C=O) groups excluding carboxylic acids is 3. The molecule has 0 aliphatic rings. The first kappa shape index (κ1) is 34.6. The van der Waals surface area contributed by atoms with Gasteiger partial charge < -0.3 is 29.2 Å². The number of aliphatic hydroxyl groups excluding tert-OH is 1. The summed E-state index contributed by atoms with van der Waals surface area (Å²) >= 11 is 0. The molecule has 0 aliphatic carbocycles. The Morgan fingerprint density at radius 3 is 2.15 bits per heavy atom. The second-order valence-corrected chi connectivity index (χ2v) is 11.1. The van der Waals surface area contributed by atoms with Crippen LogP contribution in [-0.2, 0) is 20.9 Å². The number of carbonyl (C=O) groups is 3. The van der Waals surface area contributed by atoms with Crippen LogP contribution in [0.25, 0.3) is 28.3 Å². The van der Waals surface area contributed by atoms with E-state index in [0.717, 1.165) is 11.1 Å². The van der Waals surface area contributed by atoms with Crippen molar-refractivity contribution in [3.8, 4) is 33.8 Å². The second kappa shape index (κ2) is 15.9. The van der Waals surface area contributed by atoms with Gasteiger partial charge in [0.1, 0.15) is 11.5 Å². The fourth-order valence-corrected chi connectivity index (χ4v) is 5.40. The summed E-state index contributed by atoms with van der Waals surface area (Å²) in [7, 11) is 4.30. The quantitative estimate of drug-likeness (QED) is 0.121. The maximum Gasteiger partial charge on any atom is 0.308 e. The van der Waals surface area contributed by atoms with Gasteiger partial charge in [-0.2, -0.15) is 0 Å². The number of allylic oxidation sites excluding steroid dienone is 1. The lowest BCUT2D eigenvalue weighted by Gasteiger charge is -2.17. The lowest BCUT2D eigenvalue weighted by Crippen LogP contribution is -2.27. The van der Waals surface area contributed by atoms with E-state index in [9.17, 15) is 23.9 Å². The molecule has 3 aromatic carbocycles. The van der Waals surface area contributed by atoms with E-state index in [0.29, 0.717) is 39.6 Å². The zero-order valence-electron chi connectivity index (χ0n) is 27.1. The number of hydrogen-bond donors (Lipinski definition) is 2. The molecule has 0 aliphatic heterocycles. The van der Waals surface area contributed by atoms with Gasteiger partial charge >= 0.3 is 5.97 Å². The van der Waals surface area contributed by atoms with E-state index in [1.54, 1.807) is 44.6 Å². The summed E-state index contributed by atoms with van der Waals surface area (Å²) in [6.45, 7) is 4.03. The van der Waals surface area contributed by atoms with Crippen LogP contribution in [0.4, 0.5) is 4.39 Å². The van der Waals surface area contributed by atoms with E-state index in [1.807, 2.05) is 54.8 Å². The third-order valence-electron chi connectivity index (χ3n) is 7.57. The molecule has 1 atom stereocenters. The maximum absolute atomic E-state index is 14.3. The molecule has 10 heteroatoms. The van der Waals surface area contributed by atoms with Gasteiger partial charge in [0.2, 0.25) is 0 Å². The summed E-state index contributed by atoms with van der Waals surface area (Å²) in [6, 6.07) is 20.5. The van der Waals surface area contributed by atoms with Crippen LogP contribution >= 0.6 is 0 Å². The minimum Gasteiger partial charge on any atom is -0.493 e. The first-order chi connectivity index (χ1) is 22.6. The van der Waals surface area contributed by atoms with Gasteiger partial charge in [0.15, 0.2) is 17.3 Å². The van der Waals surface area contributed by atoms with Gasteiger partial charge in [-0.3, -0.25) is 14.4 Å². The van der Waals surface area contributed by atoms with Crippen molar-refractivity contribution in [3.63, 3.8) is 0 Å². The van der Waals surface area contributed by atoms with Gasteiger partial charge in [0.05, 0.1) is 39.5 Å². The van der Waals surface area contributed by atoms with Crippen LogP contribution in [0.1, 0.15) is 54.5 Å². The molecule has 4 aromatic rings. The summed E-state index contributed by atoms with van der Waals surface area (Å²) in [4.78, 5) is 38.8. The summed E-state index contributed by atoms with van der Waals surface area (Å²) in [5.74, 6) is -0.743. The van der Waals surface area contributed by atoms with Crippen LogP contribution in [0.3, 0.4) is 0 Å². The van der Waals surface area contributed by atoms with Crippen LogP contribution in [0.15, 0.2) is 78.9 Å². The summed E-state index contributed by atoms with van der Waals surface area (Å²) in [6.07, 6.45) is 1.09. The minimum absolute atomic E-state index is 0.185. The Balaban J connectivity index is 1.87. The van der Waals surface area contributed by atoms with Gasteiger partial charge in [-0.1, -0.05) is 48.5 Å². The molecule has 0 spiro atoms. The predicted octanol–water partition coefficient (Wildman–Crippen LogP) is 6.39. The van der Waals surface area contributed by atoms with E-state index in [-0.39, 0.29) is 31.3 Å². The highest BCUT2D eigenvalue weighted by atomic mass is 19.1. The SMILES string of the molecule is COC(=O)C[C@H](O)CC(=O)C=Cc1c(-c2ccc(F)cc2)c(-c2ccccc2)c(C(=O)NCc2ccc(OC)c(OC)c2)n1C(C)C. The topological polar surface area (TPSA) is 116 Å². The first-order valence-electron chi connectivity index (χ1n) is 15.1. The normalized spacial score (nSPS) is 11.8. The van der Waals surface area contributed by atoms with Gasteiger partial charge in [0, 0.05) is 30.1 Å². The molecular weight excluding hydrogens is 603 g/mol. The largest absolute Gasteiger partial charge is 0.493 e. The van der Waals surface area contributed by atoms with E-state index >= 15 is 0 Å². The van der Waals surface area contributed by atoms with Crippen LogP contribution < -0.4 is 14.8 Å². The number of nitrogens with one attached hydrogen (secondary N) is 1. The monoisotopic (exact) mass is 642 g/mol. The van der Waals surface area contributed by atoms with E-state index in [1.165, 1.54) is 25.3 Å². The molecule has 0 saturated carbocycles. The van der Waals surface area contributed by atoms with E-state index in [2.05, 4.69) is 10.1 Å². The molecule has 0 saturated heterocycles. The summed E-state index contributed by atoms with van der Waals surface area (Å²) < 4.78 is 31.3. The lowest BCUT2D eigenvalue weighted by atomic mass is 9.94. The molecule has 4 rings (SSSR count). The van der Waals surface area contributed by atoms with Gasteiger partial charge in [0.25, 0.3) is 5.91 Å². The van der Waals surface area contributed by atoms with Gasteiger partial charge in [-0.25, -0.2) is 4.39 Å². The zero-order chi connectivity index (χ0) is 34.1. The molecular formula is C37H39FN2O7. The summed E-state index contributed by atoms with van der Waals surface area (Å²) in [5.41, 5.74) is 4.29. The van der Waals surface area contributed by atoms with Crippen molar-refractivity contribution in [2.45, 2.75) is 45.4 Å². The Morgan fingerprint density at radius 1 is 0.872 bits per heavy atom. The Kier molecular flexibility index (Phi) is 11.7. The molecule has 2 N–H and O–H groups in total. The van der Waals surface area contributed by atoms with Crippen LogP contribution in [-0.4, -0.2) is 54.8 Å².